The van der Waals surface area contributed by atoms with E-state index in [1.807, 2.05) is 0 Å². The number of ether oxygens (including phenoxy) is 1. The lowest BCUT2D eigenvalue weighted by molar-refractivity contribution is -0.135. The third kappa shape index (κ3) is 3.75. The molecule has 1 aromatic rings. The average molecular weight is 367 g/mol. The number of likely N-dealkylation sites (tertiary alicyclic amines) is 1. The van der Waals surface area contributed by atoms with E-state index in [9.17, 15) is 13.6 Å². The first-order valence-corrected chi connectivity index (χ1v) is 9.11. The standard InChI is InChI=1S/C19H27F2N3O2/c1-13-11-24(12-16(13)23-7-9-26-10-8-23)19(25)18(22(2)3)17-14(20)5-4-6-15(17)21/h4-6,13,16,18H,7-12H2,1-3H3/t13-,16-,18+/m1/s1. The molecule has 2 heterocycles. The Hall–Kier alpha value is -1.57. The smallest absolute Gasteiger partial charge is 0.244 e. The van der Waals surface area contributed by atoms with E-state index in [1.165, 1.54) is 18.2 Å². The molecule has 0 saturated carbocycles. The lowest BCUT2D eigenvalue weighted by Crippen LogP contribution is -2.47. The molecule has 26 heavy (non-hydrogen) atoms. The summed E-state index contributed by atoms with van der Waals surface area (Å²) in [5, 5.41) is 0. The molecule has 0 bridgehead atoms. The number of hydrogen-bond donors (Lipinski definition) is 0. The van der Waals surface area contributed by atoms with Crippen LogP contribution >= 0.6 is 0 Å². The number of carbonyl (C=O) groups is 1. The van der Waals surface area contributed by atoms with Crippen molar-refractivity contribution in [2.45, 2.75) is 19.0 Å². The first-order valence-electron chi connectivity index (χ1n) is 9.11. The molecule has 0 N–H and O–H groups in total. The van der Waals surface area contributed by atoms with E-state index >= 15 is 0 Å². The number of morpholine rings is 1. The Morgan fingerprint density at radius 3 is 2.38 bits per heavy atom. The lowest BCUT2D eigenvalue weighted by atomic mass is 10.0. The van der Waals surface area contributed by atoms with Gasteiger partial charge < -0.3 is 9.64 Å². The van der Waals surface area contributed by atoms with Gasteiger partial charge in [0, 0.05) is 32.2 Å². The maximum atomic E-state index is 14.3. The van der Waals surface area contributed by atoms with Crippen molar-refractivity contribution in [2.24, 2.45) is 5.92 Å². The van der Waals surface area contributed by atoms with Crippen LogP contribution in [0.2, 0.25) is 0 Å². The first kappa shape index (κ1) is 19.2. The molecule has 0 aromatic heterocycles. The number of hydrogen-bond acceptors (Lipinski definition) is 4. The summed E-state index contributed by atoms with van der Waals surface area (Å²) in [4.78, 5) is 18.9. The molecular formula is C19H27F2N3O2. The van der Waals surface area contributed by atoms with Gasteiger partial charge in [0.05, 0.1) is 18.8 Å². The van der Waals surface area contributed by atoms with E-state index < -0.39 is 17.7 Å². The quantitative estimate of drug-likeness (QED) is 0.812. The van der Waals surface area contributed by atoms with Crippen molar-refractivity contribution in [2.75, 3.05) is 53.5 Å². The Balaban J connectivity index is 1.80. The maximum absolute atomic E-state index is 14.3. The van der Waals surface area contributed by atoms with Crippen molar-refractivity contribution < 1.29 is 18.3 Å². The highest BCUT2D eigenvalue weighted by atomic mass is 19.1. The van der Waals surface area contributed by atoms with E-state index in [0.717, 1.165) is 13.1 Å². The van der Waals surface area contributed by atoms with Gasteiger partial charge in [-0.05, 0) is 32.1 Å². The Labute approximate surface area is 153 Å². The average Bonchev–Trinajstić information content (AvgIpc) is 3.00. The summed E-state index contributed by atoms with van der Waals surface area (Å²) in [5.41, 5.74) is -0.176. The van der Waals surface area contributed by atoms with E-state index in [4.69, 9.17) is 4.74 Å². The summed E-state index contributed by atoms with van der Waals surface area (Å²) >= 11 is 0. The minimum absolute atomic E-state index is 0.176. The lowest BCUT2D eigenvalue weighted by Gasteiger charge is -2.34. The van der Waals surface area contributed by atoms with Crippen LogP contribution in [0.15, 0.2) is 18.2 Å². The van der Waals surface area contributed by atoms with Crippen molar-refractivity contribution in [1.82, 2.24) is 14.7 Å². The van der Waals surface area contributed by atoms with E-state index in [-0.39, 0.29) is 17.5 Å². The van der Waals surface area contributed by atoms with Crippen LogP contribution < -0.4 is 0 Å². The number of carbonyl (C=O) groups excluding carboxylic acids is 1. The third-order valence-electron chi connectivity index (χ3n) is 5.42. The van der Waals surface area contributed by atoms with Crippen LogP contribution in [0.5, 0.6) is 0 Å². The topological polar surface area (TPSA) is 36.0 Å². The van der Waals surface area contributed by atoms with Crippen molar-refractivity contribution in [3.63, 3.8) is 0 Å². The van der Waals surface area contributed by atoms with Gasteiger partial charge in [-0.3, -0.25) is 14.6 Å². The second kappa shape index (κ2) is 7.98. The van der Waals surface area contributed by atoms with Crippen molar-refractivity contribution in [1.29, 1.82) is 0 Å². The third-order valence-corrected chi connectivity index (χ3v) is 5.42. The number of nitrogens with zero attached hydrogens (tertiary/aromatic N) is 3. The zero-order valence-electron chi connectivity index (χ0n) is 15.6. The Kier molecular flexibility index (Phi) is 5.89. The second-order valence-corrected chi connectivity index (χ2v) is 7.44. The van der Waals surface area contributed by atoms with Gasteiger partial charge in [-0.1, -0.05) is 13.0 Å². The summed E-state index contributed by atoms with van der Waals surface area (Å²) < 4.78 is 34.0. The number of halogens is 2. The summed E-state index contributed by atoms with van der Waals surface area (Å²) in [5.74, 6) is -1.31. The number of rotatable bonds is 4. The summed E-state index contributed by atoms with van der Waals surface area (Å²) in [6.07, 6.45) is 0. The molecule has 2 fully saturated rings. The predicted octanol–water partition coefficient (Wildman–Crippen LogP) is 1.75. The van der Waals surface area contributed by atoms with Crippen LogP contribution in [0.4, 0.5) is 8.78 Å². The summed E-state index contributed by atoms with van der Waals surface area (Å²) in [7, 11) is 3.35. The van der Waals surface area contributed by atoms with Gasteiger partial charge in [0.25, 0.3) is 0 Å². The van der Waals surface area contributed by atoms with Crippen LogP contribution in [0.1, 0.15) is 18.5 Å². The molecule has 2 aliphatic rings. The molecule has 0 spiro atoms. The molecule has 5 nitrogen and oxygen atoms in total. The molecule has 3 atom stereocenters. The summed E-state index contributed by atoms with van der Waals surface area (Å²) in [6, 6.07) is 3.01. The molecule has 0 unspecified atom stereocenters. The molecular weight excluding hydrogens is 340 g/mol. The van der Waals surface area contributed by atoms with Crippen LogP contribution in [0, 0.1) is 17.6 Å². The number of benzene rings is 1. The van der Waals surface area contributed by atoms with Gasteiger partial charge in [-0.2, -0.15) is 0 Å². The molecule has 0 radical (unpaired) electrons. The normalized spacial score (nSPS) is 25.7. The maximum Gasteiger partial charge on any atom is 0.244 e. The van der Waals surface area contributed by atoms with Crippen molar-refractivity contribution in [3.05, 3.63) is 35.4 Å². The summed E-state index contributed by atoms with van der Waals surface area (Å²) in [6.45, 7) is 6.44. The zero-order valence-corrected chi connectivity index (χ0v) is 15.6. The van der Waals surface area contributed by atoms with E-state index in [0.29, 0.717) is 32.2 Å². The van der Waals surface area contributed by atoms with Gasteiger partial charge in [-0.25, -0.2) is 8.78 Å². The van der Waals surface area contributed by atoms with E-state index in [2.05, 4.69) is 11.8 Å². The van der Waals surface area contributed by atoms with Crippen LogP contribution in [-0.4, -0.2) is 80.1 Å². The fraction of sp³-hybridized carbons (Fsp3) is 0.632. The monoisotopic (exact) mass is 367 g/mol. The first-order chi connectivity index (χ1) is 12.4. The highest BCUT2D eigenvalue weighted by Crippen LogP contribution is 2.30. The minimum Gasteiger partial charge on any atom is -0.379 e. The highest BCUT2D eigenvalue weighted by Gasteiger charge is 2.40. The van der Waals surface area contributed by atoms with Crippen molar-refractivity contribution in [3.8, 4) is 0 Å². The van der Waals surface area contributed by atoms with Gasteiger partial charge in [0.15, 0.2) is 0 Å². The van der Waals surface area contributed by atoms with Crippen molar-refractivity contribution >= 4 is 5.91 Å². The zero-order chi connectivity index (χ0) is 18.8. The fourth-order valence-corrected chi connectivity index (χ4v) is 4.06. The molecule has 1 aromatic carbocycles. The van der Waals surface area contributed by atoms with Crippen LogP contribution in [-0.2, 0) is 9.53 Å². The number of amides is 1. The second-order valence-electron chi connectivity index (χ2n) is 7.44. The van der Waals surface area contributed by atoms with E-state index in [1.54, 1.807) is 23.9 Å². The van der Waals surface area contributed by atoms with Crippen LogP contribution in [0.25, 0.3) is 0 Å². The molecule has 0 aliphatic carbocycles. The van der Waals surface area contributed by atoms with Gasteiger partial charge in [0.1, 0.15) is 17.7 Å². The van der Waals surface area contributed by atoms with Crippen LogP contribution in [0.3, 0.4) is 0 Å². The Morgan fingerprint density at radius 1 is 1.19 bits per heavy atom. The highest BCUT2D eigenvalue weighted by molar-refractivity contribution is 5.83. The Bertz CT molecular complexity index is 629. The molecule has 3 rings (SSSR count). The SMILES string of the molecule is C[C@@H]1CN(C(=O)[C@H](c2c(F)cccc2F)N(C)C)C[C@H]1N1CCOCC1. The number of likely N-dealkylation sites (N-methyl/N-ethyl adjacent to an activating group) is 1. The Morgan fingerprint density at radius 2 is 1.81 bits per heavy atom. The molecule has 2 saturated heterocycles. The minimum atomic E-state index is -0.966. The van der Waals surface area contributed by atoms with Gasteiger partial charge in [0.2, 0.25) is 5.91 Å². The molecule has 7 heteroatoms. The van der Waals surface area contributed by atoms with Gasteiger partial charge in [-0.15, -0.1) is 0 Å². The predicted molar refractivity (Wildman–Crippen MR) is 94.7 cm³/mol. The molecule has 2 aliphatic heterocycles. The fourth-order valence-electron chi connectivity index (χ4n) is 4.06. The largest absolute Gasteiger partial charge is 0.379 e. The molecule has 1 amide bonds. The molecule has 144 valence electrons. The van der Waals surface area contributed by atoms with Gasteiger partial charge >= 0.3 is 0 Å².